The molecular formula is C23H29N3O3. The molecule has 0 aliphatic carbocycles. The monoisotopic (exact) mass is 395 g/mol. The van der Waals surface area contributed by atoms with Crippen molar-refractivity contribution in [1.29, 1.82) is 0 Å². The van der Waals surface area contributed by atoms with Gasteiger partial charge in [0.2, 0.25) is 5.91 Å². The molecule has 1 aliphatic heterocycles. The Kier molecular flexibility index (Phi) is 7.25. The maximum Gasteiger partial charge on any atom is 0.253 e. The van der Waals surface area contributed by atoms with Crippen LogP contribution in [-0.2, 0) is 14.3 Å². The molecule has 0 bridgehead atoms. The summed E-state index contributed by atoms with van der Waals surface area (Å²) in [5, 5.41) is 6.21. The predicted molar refractivity (Wildman–Crippen MR) is 115 cm³/mol. The summed E-state index contributed by atoms with van der Waals surface area (Å²) in [6.45, 7) is 3.30. The second-order valence-electron chi connectivity index (χ2n) is 7.32. The number of anilines is 2. The minimum Gasteiger partial charge on any atom is -0.372 e. The number of benzene rings is 2. The molecule has 2 aromatic rings. The molecule has 1 heterocycles. The number of piperidine rings is 1. The van der Waals surface area contributed by atoms with Gasteiger partial charge < -0.3 is 20.3 Å². The fourth-order valence-electron chi connectivity index (χ4n) is 3.43. The van der Waals surface area contributed by atoms with Gasteiger partial charge in [0.25, 0.3) is 5.91 Å². The Labute approximate surface area is 172 Å². The van der Waals surface area contributed by atoms with E-state index >= 15 is 0 Å². The molecule has 2 atom stereocenters. The van der Waals surface area contributed by atoms with Crippen molar-refractivity contribution in [3.63, 3.8) is 0 Å². The zero-order valence-corrected chi connectivity index (χ0v) is 17.1. The summed E-state index contributed by atoms with van der Waals surface area (Å²) in [4.78, 5) is 27.3. The lowest BCUT2D eigenvalue weighted by atomic mass is 10.0. The highest BCUT2D eigenvalue weighted by Crippen LogP contribution is 2.25. The molecule has 2 unspecified atom stereocenters. The first kappa shape index (κ1) is 20.9. The van der Waals surface area contributed by atoms with E-state index in [1.54, 1.807) is 6.92 Å². The zero-order chi connectivity index (χ0) is 20.6. The van der Waals surface area contributed by atoms with Crippen LogP contribution in [0.2, 0.25) is 0 Å². The smallest absolute Gasteiger partial charge is 0.253 e. The van der Waals surface area contributed by atoms with E-state index < -0.39 is 12.1 Å². The van der Waals surface area contributed by atoms with Crippen LogP contribution in [0, 0.1) is 0 Å². The van der Waals surface area contributed by atoms with E-state index in [1.165, 1.54) is 13.5 Å². The molecule has 6 nitrogen and oxygen atoms in total. The number of ether oxygens (including phenoxy) is 1. The Morgan fingerprint density at radius 2 is 1.66 bits per heavy atom. The van der Waals surface area contributed by atoms with Gasteiger partial charge in [-0.1, -0.05) is 36.4 Å². The number of amides is 2. The van der Waals surface area contributed by atoms with Gasteiger partial charge in [-0.2, -0.15) is 0 Å². The first-order chi connectivity index (χ1) is 14.1. The Balaban J connectivity index is 1.80. The van der Waals surface area contributed by atoms with Gasteiger partial charge in [0.15, 0.2) is 0 Å². The fraction of sp³-hybridized carbons (Fsp3) is 0.391. The van der Waals surface area contributed by atoms with Crippen LogP contribution in [-0.4, -0.2) is 43.0 Å². The van der Waals surface area contributed by atoms with E-state index in [0.717, 1.165) is 37.2 Å². The van der Waals surface area contributed by atoms with Gasteiger partial charge in [0.05, 0.1) is 0 Å². The summed E-state index contributed by atoms with van der Waals surface area (Å²) in [5.41, 5.74) is 2.35. The third-order valence-corrected chi connectivity index (χ3v) is 5.21. The van der Waals surface area contributed by atoms with E-state index in [9.17, 15) is 9.59 Å². The predicted octanol–water partition coefficient (Wildman–Crippen LogP) is 3.83. The van der Waals surface area contributed by atoms with Crippen LogP contribution < -0.4 is 10.6 Å². The Morgan fingerprint density at radius 3 is 2.34 bits per heavy atom. The van der Waals surface area contributed by atoms with Gasteiger partial charge in [-0.25, -0.2) is 0 Å². The van der Waals surface area contributed by atoms with Crippen molar-refractivity contribution in [3.05, 3.63) is 60.2 Å². The molecule has 1 saturated heterocycles. The number of methoxy groups -OCH3 is 1. The van der Waals surface area contributed by atoms with Crippen LogP contribution in [0.5, 0.6) is 0 Å². The average Bonchev–Trinajstić information content (AvgIpc) is 2.78. The second kappa shape index (κ2) is 10.1. The largest absolute Gasteiger partial charge is 0.372 e. The molecule has 1 aliphatic rings. The number of likely N-dealkylation sites (tertiary alicyclic amines) is 1. The Hall–Kier alpha value is -2.86. The molecule has 2 N–H and O–H groups in total. The molecule has 29 heavy (non-hydrogen) atoms. The van der Waals surface area contributed by atoms with E-state index in [4.69, 9.17) is 4.74 Å². The third kappa shape index (κ3) is 5.57. The summed E-state index contributed by atoms with van der Waals surface area (Å²) in [6, 6.07) is 16.7. The van der Waals surface area contributed by atoms with E-state index in [0.29, 0.717) is 5.69 Å². The van der Waals surface area contributed by atoms with E-state index in [1.807, 2.05) is 59.5 Å². The van der Waals surface area contributed by atoms with Crippen molar-refractivity contribution >= 4 is 23.2 Å². The number of nitrogens with one attached hydrogen (secondary N) is 2. The molecule has 0 saturated carbocycles. The van der Waals surface area contributed by atoms with Crippen molar-refractivity contribution in [2.24, 2.45) is 0 Å². The minimum absolute atomic E-state index is 0.0818. The summed E-state index contributed by atoms with van der Waals surface area (Å²) in [5.74, 6) is -0.132. The molecule has 154 valence electrons. The lowest BCUT2D eigenvalue weighted by Crippen LogP contribution is -2.41. The first-order valence-corrected chi connectivity index (χ1v) is 10.1. The number of rotatable bonds is 7. The van der Waals surface area contributed by atoms with Crippen molar-refractivity contribution < 1.29 is 14.3 Å². The molecule has 6 heteroatoms. The zero-order valence-electron chi connectivity index (χ0n) is 17.1. The van der Waals surface area contributed by atoms with Crippen LogP contribution in [0.1, 0.15) is 37.8 Å². The van der Waals surface area contributed by atoms with Crippen molar-refractivity contribution in [1.82, 2.24) is 4.90 Å². The second-order valence-corrected chi connectivity index (χ2v) is 7.32. The van der Waals surface area contributed by atoms with Gasteiger partial charge >= 0.3 is 0 Å². The third-order valence-electron chi connectivity index (χ3n) is 5.21. The Bertz CT molecular complexity index is 819. The van der Waals surface area contributed by atoms with Gasteiger partial charge in [0.1, 0.15) is 12.1 Å². The van der Waals surface area contributed by atoms with Gasteiger partial charge in [-0.15, -0.1) is 0 Å². The number of hydrogen-bond donors (Lipinski definition) is 2. The van der Waals surface area contributed by atoms with E-state index in [-0.39, 0.29) is 11.8 Å². The maximum atomic E-state index is 13.3. The van der Waals surface area contributed by atoms with Crippen molar-refractivity contribution in [2.75, 3.05) is 30.8 Å². The van der Waals surface area contributed by atoms with Crippen LogP contribution in [0.4, 0.5) is 11.4 Å². The van der Waals surface area contributed by atoms with Crippen LogP contribution in [0.15, 0.2) is 54.6 Å². The molecular weight excluding hydrogens is 366 g/mol. The highest BCUT2D eigenvalue weighted by Gasteiger charge is 2.27. The number of nitrogens with zero attached hydrogens (tertiary/aromatic N) is 1. The minimum atomic E-state index is -0.538. The number of hydrogen-bond acceptors (Lipinski definition) is 4. The standard InChI is InChI=1S/C23H29N3O3/c1-17(29-2)22(27)25-20-13-9-12-19(16-20)24-21(18-10-5-3-6-11-18)23(28)26-14-7-4-8-15-26/h3,5-6,9-13,16-17,21,24H,4,7-8,14-15H2,1-2H3,(H,25,27). The summed E-state index contributed by atoms with van der Waals surface area (Å²) in [7, 11) is 1.50. The van der Waals surface area contributed by atoms with Crippen molar-refractivity contribution in [3.8, 4) is 0 Å². The SMILES string of the molecule is COC(C)C(=O)Nc1cccc(NC(C(=O)N2CCCCC2)c2ccccc2)c1. The molecule has 0 radical (unpaired) electrons. The lowest BCUT2D eigenvalue weighted by Gasteiger charge is -2.31. The topological polar surface area (TPSA) is 70.7 Å². The summed E-state index contributed by atoms with van der Waals surface area (Å²) < 4.78 is 5.06. The summed E-state index contributed by atoms with van der Waals surface area (Å²) >= 11 is 0. The molecule has 1 fully saturated rings. The van der Waals surface area contributed by atoms with Gasteiger partial charge in [-0.05, 0) is 49.9 Å². The molecule has 2 amide bonds. The van der Waals surface area contributed by atoms with Crippen LogP contribution >= 0.6 is 0 Å². The van der Waals surface area contributed by atoms with Gasteiger partial charge in [0, 0.05) is 31.6 Å². The fourth-order valence-corrected chi connectivity index (χ4v) is 3.43. The Morgan fingerprint density at radius 1 is 0.966 bits per heavy atom. The molecule has 3 rings (SSSR count). The van der Waals surface area contributed by atoms with E-state index in [2.05, 4.69) is 10.6 Å². The quantitative estimate of drug-likeness (QED) is 0.748. The lowest BCUT2D eigenvalue weighted by molar-refractivity contribution is -0.133. The van der Waals surface area contributed by atoms with Gasteiger partial charge in [-0.3, -0.25) is 9.59 Å². The normalized spacial score (nSPS) is 16.0. The maximum absolute atomic E-state index is 13.3. The van der Waals surface area contributed by atoms with Crippen LogP contribution in [0.25, 0.3) is 0 Å². The number of carbonyl (C=O) groups is 2. The van der Waals surface area contributed by atoms with Crippen LogP contribution in [0.3, 0.4) is 0 Å². The highest BCUT2D eigenvalue weighted by atomic mass is 16.5. The first-order valence-electron chi connectivity index (χ1n) is 10.1. The molecule has 0 aromatic heterocycles. The number of carbonyl (C=O) groups excluding carboxylic acids is 2. The molecule has 0 spiro atoms. The summed E-state index contributed by atoms with van der Waals surface area (Å²) in [6.07, 6.45) is 2.73. The molecule has 2 aromatic carbocycles. The van der Waals surface area contributed by atoms with Crippen molar-refractivity contribution in [2.45, 2.75) is 38.3 Å². The highest BCUT2D eigenvalue weighted by molar-refractivity contribution is 5.94. The average molecular weight is 396 g/mol.